The molecule has 1 N–H and O–H groups in total. The fraction of sp³-hybridized carbons (Fsp3) is 0.545. The minimum atomic E-state index is 0.506. The predicted octanol–water partition coefficient (Wildman–Crippen LogP) is 1.57. The maximum atomic E-state index is 8.59. The largest absolute Gasteiger partial charge is 0.373 e. The van der Waals surface area contributed by atoms with Crippen molar-refractivity contribution >= 4 is 11.6 Å². The number of hydrogen-bond donors (Lipinski definition) is 1. The van der Waals surface area contributed by atoms with E-state index < -0.39 is 0 Å². The van der Waals surface area contributed by atoms with Gasteiger partial charge in [-0.3, -0.25) is 0 Å². The summed E-state index contributed by atoms with van der Waals surface area (Å²) in [6.07, 6.45) is 0.506. The van der Waals surface area contributed by atoms with Gasteiger partial charge < -0.3 is 10.2 Å². The van der Waals surface area contributed by atoms with E-state index in [2.05, 4.69) is 26.3 Å². The highest BCUT2D eigenvalue weighted by molar-refractivity contribution is 5.49. The van der Waals surface area contributed by atoms with Crippen molar-refractivity contribution in [2.24, 2.45) is 0 Å². The summed E-state index contributed by atoms with van der Waals surface area (Å²) in [6, 6.07) is 4.04. The molecule has 0 aliphatic rings. The van der Waals surface area contributed by atoms with Gasteiger partial charge >= 0.3 is 0 Å². The molecule has 1 aromatic heterocycles. The van der Waals surface area contributed by atoms with Gasteiger partial charge in [0.25, 0.3) is 0 Å². The molecule has 5 heteroatoms. The van der Waals surface area contributed by atoms with E-state index in [1.54, 1.807) is 0 Å². The van der Waals surface area contributed by atoms with Crippen LogP contribution in [-0.4, -0.2) is 30.1 Å². The lowest BCUT2D eigenvalue weighted by molar-refractivity contribution is 0.803. The average Bonchev–Trinajstić information content (AvgIpc) is 2.29. The quantitative estimate of drug-likeness (QED) is 0.814. The maximum Gasteiger partial charge on any atom is 0.134 e. The highest BCUT2D eigenvalue weighted by Gasteiger charge is 2.07. The Kier molecular flexibility index (Phi) is 4.52. The van der Waals surface area contributed by atoms with Crippen molar-refractivity contribution in [1.82, 2.24) is 9.97 Å². The van der Waals surface area contributed by atoms with E-state index >= 15 is 0 Å². The summed E-state index contributed by atoms with van der Waals surface area (Å²) >= 11 is 0. The number of hydrogen-bond acceptors (Lipinski definition) is 5. The molecule has 0 radical (unpaired) electrons. The summed E-state index contributed by atoms with van der Waals surface area (Å²) in [5, 5.41) is 11.6. The lowest BCUT2D eigenvalue weighted by Gasteiger charge is -2.21. The van der Waals surface area contributed by atoms with Gasteiger partial charge in [0.2, 0.25) is 0 Å². The highest BCUT2D eigenvalue weighted by atomic mass is 15.2. The summed E-state index contributed by atoms with van der Waals surface area (Å²) in [5.41, 5.74) is 0. The molecule has 86 valence electrons. The average molecular weight is 219 g/mol. The zero-order valence-corrected chi connectivity index (χ0v) is 9.99. The van der Waals surface area contributed by atoms with Gasteiger partial charge in [0.05, 0.1) is 12.5 Å². The molecular weight excluding hydrogens is 202 g/mol. The van der Waals surface area contributed by atoms with E-state index in [-0.39, 0.29) is 0 Å². The van der Waals surface area contributed by atoms with Crippen molar-refractivity contribution in [3.63, 3.8) is 0 Å². The highest BCUT2D eigenvalue weighted by Crippen LogP contribution is 2.15. The van der Waals surface area contributed by atoms with Crippen LogP contribution in [-0.2, 0) is 0 Å². The Morgan fingerprint density at radius 3 is 2.81 bits per heavy atom. The lowest BCUT2D eigenvalue weighted by atomic mass is 10.3. The number of anilines is 2. The monoisotopic (exact) mass is 219 g/mol. The van der Waals surface area contributed by atoms with Gasteiger partial charge in [-0.25, -0.2) is 9.97 Å². The van der Waals surface area contributed by atoms with E-state index in [9.17, 15) is 0 Å². The van der Waals surface area contributed by atoms with Gasteiger partial charge in [0.1, 0.15) is 17.5 Å². The SMILES string of the molecule is CCN(CCC#N)c1cc(NC)nc(C)n1. The number of nitrogens with one attached hydrogen (secondary N) is 1. The summed E-state index contributed by atoms with van der Waals surface area (Å²) in [5.74, 6) is 2.41. The standard InChI is InChI=1S/C11H17N5/c1-4-16(7-5-6-12)11-8-10(13-3)14-9(2)15-11/h8H,4-5,7H2,1-3H3,(H,13,14,15). The Bertz CT molecular complexity index is 382. The van der Waals surface area contributed by atoms with Crippen LogP contribution in [0.5, 0.6) is 0 Å². The van der Waals surface area contributed by atoms with Crippen molar-refractivity contribution < 1.29 is 0 Å². The number of nitriles is 1. The second-order valence-corrected chi connectivity index (χ2v) is 3.40. The summed E-state index contributed by atoms with van der Waals surface area (Å²) in [7, 11) is 1.83. The van der Waals surface area contributed by atoms with Crippen molar-refractivity contribution in [2.75, 3.05) is 30.4 Å². The van der Waals surface area contributed by atoms with Gasteiger partial charge in [0, 0.05) is 26.2 Å². The van der Waals surface area contributed by atoms with Crippen LogP contribution in [0.3, 0.4) is 0 Å². The summed E-state index contributed by atoms with van der Waals surface area (Å²) < 4.78 is 0. The molecule has 1 aromatic rings. The van der Waals surface area contributed by atoms with Gasteiger partial charge in [-0.1, -0.05) is 0 Å². The molecule has 0 bridgehead atoms. The van der Waals surface area contributed by atoms with E-state index in [4.69, 9.17) is 5.26 Å². The molecule has 0 aromatic carbocycles. The molecular formula is C11H17N5. The number of nitrogens with zero attached hydrogens (tertiary/aromatic N) is 4. The number of aromatic nitrogens is 2. The summed E-state index contributed by atoms with van der Waals surface area (Å²) in [6.45, 7) is 5.45. The van der Waals surface area contributed by atoms with Crippen LogP contribution in [0, 0.1) is 18.3 Å². The molecule has 0 atom stereocenters. The molecule has 16 heavy (non-hydrogen) atoms. The fourth-order valence-corrected chi connectivity index (χ4v) is 1.46. The second kappa shape index (κ2) is 5.91. The molecule has 1 rings (SSSR count). The van der Waals surface area contributed by atoms with Crippen LogP contribution in [0.25, 0.3) is 0 Å². The smallest absolute Gasteiger partial charge is 0.134 e. The maximum absolute atomic E-state index is 8.59. The molecule has 0 saturated carbocycles. The molecule has 0 aliphatic carbocycles. The molecule has 0 saturated heterocycles. The van der Waals surface area contributed by atoms with Crippen molar-refractivity contribution in [2.45, 2.75) is 20.3 Å². The van der Waals surface area contributed by atoms with Crippen molar-refractivity contribution in [3.05, 3.63) is 11.9 Å². The Morgan fingerprint density at radius 2 is 2.25 bits per heavy atom. The van der Waals surface area contributed by atoms with Crippen LogP contribution < -0.4 is 10.2 Å². The molecule has 0 fully saturated rings. The molecule has 0 unspecified atom stereocenters. The number of rotatable bonds is 5. The van der Waals surface area contributed by atoms with Gasteiger partial charge in [0.15, 0.2) is 0 Å². The van der Waals surface area contributed by atoms with Crippen LogP contribution in [0.4, 0.5) is 11.6 Å². The molecule has 5 nitrogen and oxygen atoms in total. The van der Waals surface area contributed by atoms with Crippen LogP contribution in [0.2, 0.25) is 0 Å². The van der Waals surface area contributed by atoms with E-state index in [1.165, 1.54) is 0 Å². The first kappa shape index (κ1) is 12.2. The predicted molar refractivity (Wildman–Crippen MR) is 64.4 cm³/mol. The van der Waals surface area contributed by atoms with Crippen LogP contribution in [0.15, 0.2) is 6.07 Å². The Labute approximate surface area is 96.1 Å². The Hall–Kier alpha value is -1.83. The van der Waals surface area contributed by atoms with Crippen LogP contribution >= 0.6 is 0 Å². The van der Waals surface area contributed by atoms with Crippen molar-refractivity contribution in [1.29, 1.82) is 5.26 Å². The van der Waals surface area contributed by atoms with Gasteiger partial charge in [-0.15, -0.1) is 0 Å². The Balaban J connectivity index is 2.91. The van der Waals surface area contributed by atoms with Gasteiger partial charge in [-0.2, -0.15) is 5.26 Å². The minimum Gasteiger partial charge on any atom is -0.373 e. The first-order valence-corrected chi connectivity index (χ1v) is 5.36. The van der Waals surface area contributed by atoms with E-state index in [1.807, 2.05) is 27.0 Å². The number of aryl methyl sites for hydroxylation is 1. The molecule has 0 amide bonds. The molecule has 0 spiro atoms. The first-order valence-electron chi connectivity index (χ1n) is 5.36. The Morgan fingerprint density at radius 1 is 1.50 bits per heavy atom. The lowest BCUT2D eigenvalue weighted by Crippen LogP contribution is -2.25. The zero-order valence-electron chi connectivity index (χ0n) is 9.99. The third kappa shape index (κ3) is 3.09. The van der Waals surface area contributed by atoms with Crippen molar-refractivity contribution in [3.8, 4) is 6.07 Å². The molecule has 1 heterocycles. The fourth-order valence-electron chi connectivity index (χ4n) is 1.46. The molecule has 0 aliphatic heterocycles. The second-order valence-electron chi connectivity index (χ2n) is 3.40. The minimum absolute atomic E-state index is 0.506. The van der Waals surface area contributed by atoms with E-state index in [0.717, 1.165) is 24.0 Å². The van der Waals surface area contributed by atoms with Gasteiger partial charge in [-0.05, 0) is 13.8 Å². The first-order chi connectivity index (χ1) is 7.71. The third-order valence-electron chi connectivity index (χ3n) is 2.28. The topological polar surface area (TPSA) is 64.8 Å². The summed E-state index contributed by atoms with van der Waals surface area (Å²) in [4.78, 5) is 10.7. The zero-order chi connectivity index (χ0) is 12.0. The normalized spacial score (nSPS) is 9.62. The van der Waals surface area contributed by atoms with E-state index in [0.29, 0.717) is 13.0 Å². The third-order valence-corrected chi connectivity index (χ3v) is 2.28. The van der Waals surface area contributed by atoms with Crippen LogP contribution in [0.1, 0.15) is 19.2 Å².